The Morgan fingerprint density at radius 3 is 2.72 bits per heavy atom. The highest BCUT2D eigenvalue weighted by Gasteiger charge is 2.12. The van der Waals surface area contributed by atoms with Crippen LogP contribution in [0.3, 0.4) is 0 Å². The van der Waals surface area contributed by atoms with Crippen molar-refractivity contribution in [2.75, 3.05) is 0 Å². The Morgan fingerprint density at radius 2 is 1.94 bits per heavy atom. The standard InChI is InChI=1S/C14H10ClFN2/c1-8-4-2-5-9(12(8)15)14-17-11-7-3-6-10(16)13(11)18-14/h2-7H,1H3,(H,17,18). The number of aromatic nitrogens is 2. The smallest absolute Gasteiger partial charge is 0.151 e. The minimum atomic E-state index is -0.334. The van der Waals surface area contributed by atoms with Crippen LogP contribution < -0.4 is 0 Å². The van der Waals surface area contributed by atoms with E-state index >= 15 is 0 Å². The third kappa shape index (κ3) is 1.68. The average Bonchev–Trinajstić information content (AvgIpc) is 2.78. The van der Waals surface area contributed by atoms with E-state index in [1.54, 1.807) is 12.1 Å². The van der Waals surface area contributed by atoms with Crippen molar-refractivity contribution in [2.45, 2.75) is 6.92 Å². The van der Waals surface area contributed by atoms with Crippen molar-refractivity contribution in [3.8, 4) is 11.4 Å². The van der Waals surface area contributed by atoms with Gasteiger partial charge in [0, 0.05) is 5.56 Å². The fourth-order valence-corrected chi connectivity index (χ4v) is 2.17. The van der Waals surface area contributed by atoms with Crippen LogP contribution in [-0.2, 0) is 0 Å². The molecule has 0 unspecified atom stereocenters. The number of benzene rings is 2. The molecule has 0 saturated carbocycles. The number of aryl methyl sites for hydroxylation is 1. The Bertz CT molecular complexity index is 734. The second-order valence-electron chi connectivity index (χ2n) is 4.16. The first-order valence-corrected chi connectivity index (χ1v) is 5.94. The lowest BCUT2D eigenvalue weighted by molar-refractivity contribution is 0.637. The fourth-order valence-electron chi connectivity index (χ4n) is 1.96. The molecule has 4 heteroatoms. The lowest BCUT2D eigenvalue weighted by Gasteiger charge is -2.02. The molecule has 0 bridgehead atoms. The van der Waals surface area contributed by atoms with Crippen LogP contribution in [0.2, 0.25) is 5.02 Å². The summed E-state index contributed by atoms with van der Waals surface area (Å²) >= 11 is 6.24. The number of rotatable bonds is 1. The normalized spacial score (nSPS) is 11.1. The number of hydrogen-bond acceptors (Lipinski definition) is 1. The Hall–Kier alpha value is -1.87. The number of nitrogens with zero attached hydrogens (tertiary/aromatic N) is 1. The monoisotopic (exact) mass is 260 g/mol. The molecule has 0 aliphatic rings. The largest absolute Gasteiger partial charge is 0.338 e. The van der Waals surface area contributed by atoms with E-state index in [2.05, 4.69) is 9.97 Å². The third-order valence-corrected chi connectivity index (χ3v) is 3.41. The summed E-state index contributed by atoms with van der Waals surface area (Å²) in [6.07, 6.45) is 0. The van der Waals surface area contributed by atoms with Crippen molar-refractivity contribution in [3.05, 3.63) is 52.8 Å². The molecule has 0 radical (unpaired) electrons. The van der Waals surface area contributed by atoms with E-state index in [0.29, 0.717) is 21.9 Å². The van der Waals surface area contributed by atoms with Crippen LogP contribution >= 0.6 is 11.6 Å². The number of hydrogen-bond donors (Lipinski definition) is 1. The molecule has 0 atom stereocenters. The Labute approximate surface area is 108 Å². The van der Waals surface area contributed by atoms with E-state index in [1.165, 1.54) is 6.07 Å². The highest BCUT2D eigenvalue weighted by atomic mass is 35.5. The highest BCUT2D eigenvalue weighted by molar-refractivity contribution is 6.34. The zero-order chi connectivity index (χ0) is 12.7. The SMILES string of the molecule is Cc1cccc(-c2nc3c(F)cccc3[nH]2)c1Cl. The van der Waals surface area contributed by atoms with Crippen LogP contribution in [0.15, 0.2) is 36.4 Å². The molecule has 1 N–H and O–H groups in total. The maximum atomic E-state index is 13.6. The van der Waals surface area contributed by atoms with Crippen LogP contribution in [0.1, 0.15) is 5.56 Å². The van der Waals surface area contributed by atoms with Gasteiger partial charge in [0.15, 0.2) is 5.82 Å². The predicted octanol–water partition coefficient (Wildman–Crippen LogP) is 4.33. The van der Waals surface area contributed by atoms with Gasteiger partial charge in [-0.05, 0) is 30.7 Å². The zero-order valence-electron chi connectivity index (χ0n) is 9.67. The molecule has 90 valence electrons. The van der Waals surface area contributed by atoms with Gasteiger partial charge < -0.3 is 4.98 Å². The van der Waals surface area contributed by atoms with Gasteiger partial charge in [-0.1, -0.05) is 29.8 Å². The number of H-pyrrole nitrogens is 1. The second kappa shape index (κ2) is 4.10. The predicted molar refractivity (Wildman–Crippen MR) is 71.2 cm³/mol. The molecule has 0 amide bonds. The van der Waals surface area contributed by atoms with Gasteiger partial charge in [-0.15, -0.1) is 0 Å². The summed E-state index contributed by atoms with van der Waals surface area (Å²) in [5.41, 5.74) is 2.76. The van der Waals surface area contributed by atoms with Crippen molar-refractivity contribution in [3.63, 3.8) is 0 Å². The Kier molecular flexibility index (Phi) is 2.56. The van der Waals surface area contributed by atoms with Gasteiger partial charge in [0.1, 0.15) is 11.3 Å². The summed E-state index contributed by atoms with van der Waals surface area (Å²) < 4.78 is 13.6. The average molecular weight is 261 g/mol. The summed E-state index contributed by atoms with van der Waals surface area (Å²) in [5, 5.41) is 0.636. The van der Waals surface area contributed by atoms with E-state index in [1.807, 2.05) is 25.1 Å². The number of para-hydroxylation sites is 1. The fraction of sp³-hybridized carbons (Fsp3) is 0.0714. The lowest BCUT2D eigenvalue weighted by atomic mass is 10.1. The zero-order valence-corrected chi connectivity index (χ0v) is 10.4. The van der Waals surface area contributed by atoms with Crippen molar-refractivity contribution in [1.82, 2.24) is 9.97 Å². The van der Waals surface area contributed by atoms with Gasteiger partial charge in [-0.2, -0.15) is 0 Å². The van der Waals surface area contributed by atoms with Gasteiger partial charge in [-0.3, -0.25) is 0 Å². The minimum absolute atomic E-state index is 0.334. The molecule has 0 fully saturated rings. The summed E-state index contributed by atoms with van der Waals surface area (Å²) in [4.78, 5) is 7.35. The molecule has 3 aromatic rings. The van der Waals surface area contributed by atoms with E-state index in [0.717, 1.165) is 11.1 Å². The van der Waals surface area contributed by atoms with Crippen LogP contribution in [-0.4, -0.2) is 9.97 Å². The van der Waals surface area contributed by atoms with E-state index < -0.39 is 0 Å². The summed E-state index contributed by atoms with van der Waals surface area (Å²) in [7, 11) is 0. The molecule has 0 spiro atoms. The first-order chi connectivity index (χ1) is 8.66. The number of fused-ring (bicyclic) bond motifs is 1. The van der Waals surface area contributed by atoms with Gasteiger partial charge in [-0.25, -0.2) is 9.37 Å². The molecule has 1 heterocycles. The first kappa shape index (κ1) is 11.2. The van der Waals surface area contributed by atoms with Gasteiger partial charge in [0.25, 0.3) is 0 Å². The molecule has 2 nitrogen and oxygen atoms in total. The van der Waals surface area contributed by atoms with Crippen LogP contribution in [0.4, 0.5) is 4.39 Å². The van der Waals surface area contributed by atoms with Crippen LogP contribution in [0.25, 0.3) is 22.4 Å². The first-order valence-electron chi connectivity index (χ1n) is 5.56. The maximum Gasteiger partial charge on any atom is 0.151 e. The topological polar surface area (TPSA) is 28.7 Å². The quantitative estimate of drug-likeness (QED) is 0.693. The molecule has 0 aliphatic carbocycles. The van der Waals surface area contributed by atoms with Crippen LogP contribution in [0, 0.1) is 12.7 Å². The van der Waals surface area contributed by atoms with Crippen molar-refractivity contribution < 1.29 is 4.39 Å². The van der Waals surface area contributed by atoms with Crippen molar-refractivity contribution in [1.29, 1.82) is 0 Å². The second-order valence-corrected chi connectivity index (χ2v) is 4.54. The number of aromatic amines is 1. The number of imidazole rings is 1. The number of halogens is 2. The molecule has 3 rings (SSSR count). The summed E-state index contributed by atoms with van der Waals surface area (Å²) in [6, 6.07) is 10.5. The summed E-state index contributed by atoms with van der Waals surface area (Å²) in [6.45, 7) is 1.93. The maximum absolute atomic E-state index is 13.6. The molecule has 0 aliphatic heterocycles. The Balaban J connectivity index is 2.26. The summed E-state index contributed by atoms with van der Waals surface area (Å²) in [5.74, 6) is 0.252. The molecule has 0 saturated heterocycles. The van der Waals surface area contributed by atoms with Gasteiger partial charge >= 0.3 is 0 Å². The van der Waals surface area contributed by atoms with E-state index in [9.17, 15) is 4.39 Å². The van der Waals surface area contributed by atoms with Gasteiger partial charge in [0.2, 0.25) is 0 Å². The lowest BCUT2D eigenvalue weighted by Crippen LogP contribution is -1.84. The molecule has 1 aromatic heterocycles. The molecular weight excluding hydrogens is 251 g/mol. The van der Waals surface area contributed by atoms with Gasteiger partial charge in [0.05, 0.1) is 10.5 Å². The highest BCUT2D eigenvalue weighted by Crippen LogP contribution is 2.30. The molecule has 18 heavy (non-hydrogen) atoms. The van der Waals surface area contributed by atoms with E-state index in [-0.39, 0.29) is 5.82 Å². The van der Waals surface area contributed by atoms with Crippen molar-refractivity contribution >= 4 is 22.6 Å². The van der Waals surface area contributed by atoms with E-state index in [4.69, 9.17) is 11.6 Å². The number of nitrogens with one attached hydrogen (secondary N) is 1. The van der Waals surface area contributed by atoms with Crippen molar-refractivity contribution in [2.24, 2.45) is 0 Å². The third-order valence-electron chi connectivity index (χ3n) is 2.91. The Morgan fingerprint density at radius 1 is 1.17 bits per heavy atom. The minimum Gasteiger partial charge on any atom is -0.338 e. The van der Waals surface area contributed by atoms with Crippen LogP contribution in [0.5, 0.6) is 0 Å². The molecular formula is C14H10ClFN2. The molecule has 2 aromatic carbocycles.